The minimum Gasteiger partial charge on any atom is -0.336 e. The van der Waals surface area contributed by atoms with Crippen molar-refractivity contribution in [2.24, 2.45) is 0 Å². The number of rotatable bonds is 5. The number of hydrogen-bond acceptors (Lipinski definition) is 5. The van der Waals surface area contributed by atoms with E-state index in [1.807, 2.05) is 36.4 Å². The molecule has 1 aromatic carbocycles. The number of nitrogens with one attached hydrogen (secondary N) is 1. The minimum absolute atomic E-state index is 0.0334. The molecule has 3 heterocycles. The van der Waals surface area contributed by atoms with Crippen molar-refractivity contribution in [3.8, 4) is 0 Å². The fourth-order valence-corrected chi connectivity index (χ4v) is 4.13. The summed E-state index contributed by atoms with van der Waals surface area (Å²) < 4.78 is 1.86. The second-order valence-corrected chi connectivity index (χ2v) is 7.82. The zero-order valence-electron chi connectivity index (χ0n) is 17.9. The largest absolute Gasteiger partial charge is 0.336 e. The third-order valence-electron chi connectivity index (χ3n) is 5.77. The van der Waals surface area contributed by atoms with Crippen LogP contribution in [0.3, 0.4) is 0 Å². The van der Waals surface area contributed by atoms with E-state index in [1.54, 1.807) is 6.20 Å². The molecule has 158 valence electrons. The molecular formula is C22H29N7O. The van der Waals surface area contributed by atoms with Crippen LogP contribution in [0.5, 0.6) is 0 Å². The first-order chi connectivity index (χ1) is 14.6. The molecule has 1 unspecified atom stereocenters. The molecule has 0 spiro atoms. The summed E-state index contributed by atoms with van der Waals surface area (Å²) in [5, 5.41) is 11.8. The highest BCUT2D eigenvalue weighted by Gasteiger charge is 2.32. The quantitative estimate of drug-likeness (QED) is 0.703. The molecule has 8 nitrogen and oxygen atoms in total. The number of nitrogens with zero attached hydrogens (tertiary/aromatic N) is 6. The van der Waals surface area contributed by atoms with Crippen molar-refractivity contribution in [2.45, 2.75) is 46.3 Å². The molecule has 8 heteroatoms. The molecule has 3 aromatic rings. The van der Waals surface area contributed by atoms with Crippen LogP contribution in [0.4, 0.5) is 0 Å². The SMILES string of the molecule is CCn1ncc(C(=O)N2CCCN(Cc3ccccc3)C(c3n[nH]c(C)n3)C2)c1C. The second kappa shape index (κ2) is 8.79. The zero-order chi connectivity index (χ0) is 21.1. The lowest BCUT2D eigenvalue weighted by atomic mass is 10.1. The number of aromatic amines is 1. The predicted molar refractivity (Wildman–Crippen MR) is 114 cm³/mol. The Morgan fingerprint density at radius 1 is 1.20 bits per heavy atom. The Bertz CT molecular complexity index is 994. The zero-order valence-corrected chi connectivity index (χ0v) is 17.9. The number of aromatic nitrogens is 5. The molecule has 0 aliphatic carbocycles. The van der Waals surface area contributed by atoms with E-state index in [1.165, 1.54) is 5.56 Å². The van der Waals surface area contributed by atoms with Gasteiger partial charge in [0.1, 0.15) is 5.82 Å². The van der Waals surface area contributed by atoms with Gasteiger partial charge in [0.15, 0.2) is 5.82 Å². The van der Waals surface area contributed by atoms with E-state index in [2.05, 4.69) is 49.4 Å². The number of aryl methyl sites for hydroxylation is 2. The van der Waals surface area contributed by atoms with Gasteiger partial charge in [-0.1, -0.05) is 30.3 Å². The maximum absolute atomic E-state index is 13.4. The highest BCUT2D eigenvalue weighted by molar-refractivity contribution is 5.95. The number of carbonyl (C=O) groups is 1. The van der Waals surface area contributed by atoms with Gasteiger partial charge in [-0.2, -0.15) is 10.2 Å². The minimum atomic E-state index is -0.0665. The van der Waals surface area contributed by atoms with E-state index in [9.17, 15) is 4.79 Å². The van der Waals surface area contributed by atoms with E-state index < -0.39 is 0 Å². The number of H-pyrrole nitrogens is 1. The normalized spacial score (nSPS) is 17.8. The van der Waals surface area contributed by atoms with Gasteiger partial charge in [-0.3, -0.25) is 19.5 Å². The van der Waals surface area contributed by atoms with Gasteiger partial charge < -0.3 is 4.90 Å². The van der Waals surface area contributed by atoms with Gasteiger partial charge >= 0.3 is 0 Å². The maximum Gasteiger partial charge on any atom is 0.257 e. The number of benzene rings is 1. The van der Waals surface area contributed by atoms with Crippen LogP contribution < -0.4 is 0 Å². The van der Waals surface area contributed by atoms with Gasteiger partial charge in [-0.25, -0.2) is 4.98 Å². The third-order valence-corrected chi connectivity index (χ3v) is 5.77. The van der Waals surface area contributed by atoms with Crippen LogP contribution in [0.1, 0.15) is 52.7 Å². The van der Waals surface area contributed by atoms with Gasteiger partial charge in [0.05, 0.1) is 17.8 Å². The van der Waals surface area contributed by atoms with Crippen LogP contribution in [0, 0.1) is 13.8 Å². The van der Waals surface area contributed by atoms with Gasteiger partial charge in [0.25, 0.3) is 5.91 Å². The van der Waals surface area contributed by atoms with Crippen LogP contribution in [0.15, 0.2) is 36.5 Å². The van der Waals surface area contributed by atoms with Crippen molar-refractivity contribution < 1.29 is 4.79 Å². The van der Waals surface area contributed by atoms with Crippen molar-refractivity contribution in [3.05, 3.63) is 65.0 Å². The summed E-state index contributed by atoms with van der Waals surface area (Å²) in [4.78, 5) is 22.3. The summed E-state index contributed by atoms with van der Waals surface area (Å²) in [6.45, 7) is 9.59. The smallest absolute Gasteiger partial charge is 0.257 e. The molecule has 4 rings (SSSR count). The standard InChI is InChI=1S/C22H29N7O/c1-4-29-16(2)19(13-23-29)22(30)28-12-8-11-27(14-18-9-6-5-7-10-18)20(15-28)21-24-17(3)25-26-21/h5-7,9-10,13,20H,4,8,11-12,14-15H2,1-3H3,(H,24,25,26). The molecule has 0 bridgehead atoms. The second-order valence-electron chi connectivity index (χ2n) is 7.82. The number of amides is 1. The average molecular weight is 408 g/mol. The van der Waals surface area contributed by atoms with Crippen LogP contribution in [-0.2, 0) is 13.1 Å². The summed E-state index contributed by atoms with van der Waals surface area (Å²) in [5.74, 6) is 1.56. The molecule has 2 aromatic heterocycles. The molecular weight excluding hydrogens is 378 g/mol. The monoisotopic (exact) mass is 407 g/mol. The summed E-state index contributed by atoms with van der Waals surface area (Å²) in [6.07, 6.45) is 2.60. The molecule has 1 saturated heterocycles. The predicted octanol–water partition coefficient (Wildman–Crippen LogP) is 2.73. The molecule has 1 amide bonds. The van der Waals surface area contributed by atoms with Crippen molar-refractivity contribution in [2.75, 3.05) is 19.6 Å². The first-order valence-electron chi connectivity index (χ1n) is 10.6. The molecule has 1 atom stereocenters. The van der Waals surface area contributed by atoms with Gasteiger partial charge in [-0.15, -0.1) is 0 Å². The van der Waals surface area contributed by atoms with Crippen LogP contribution in [0.25, 0.3) is 0 Å². The molecule has 0 radical (unpaired) electrons. The Morgan fingerprint density at radius 3 is 2.67 bits per heavy atom. The van der Waals surface area contributed by atoms with Gasteiger partial charge in [-0.05, 0) is 32.8 Å². The Morgan fingerprint density at radius 2 is 2.00 bits per heavy atom. The lowest BCUT2D eigenvalue weighted by molar-refractivity contribution is 0.0725. The fraction of sp³-hybridized carbons (Fsp3) is 0.455. The Kier molecular flexibility index (Phi) is 5.94. The highest BCUT2D eigenvalue weighted by Crippen LogP contribution is 2.26. The summed E-state index contributed by atoms with van der Waals surface area (Å²) in [7, 11) is 0. The Labute approximate surface area is 176 Å². The van der Waals surface area contributed by atoms with E-state index in [4.69, 9.17) is 0 Å². The average Bonchev–Trinajstić information content (AvgIpc) is 3.28. The van der Waals surface area contributed by atoms with Crippen molar-refractivity contribution in [3.63, 3.8) is 0 Å². The third kappa shape index (κ3) is 4.14. The van der Waals surface area contributed by atoms with Crippen LogP contribution >= 0.6 is 0 Å². The fourth-order valence-electron chi connectivity index (χ4n) is 4.13. The van der Waals surface area contributed by atoms with Gasteiger partial charge in [0, 0.05) is 38.4 Å². The van der Waals surface area contributed by atoms with Crippen LogP contribution in [-0.4, -0.2) is 60.3 Å². The summed E-state index contributed by atoms with van der Waals surface area (Å²) >= 11 is 0. The molecule has 30 heavy (non-hydrogen) atoms. The molecule has 0 saturated carbocycles. The highest BCUT2D eigenvalue weighted by atomic mass is 16.2. The number of carbonyl (C=O) groups excluding carboxylic acids is 1. The van der Waals surface area contributed by atoms with Gasteiger partial charge in [0.2, 0.25) is 0 Å². The summed E-state index contributed by atoms with van der Waals surface area (Å²) in [5.41, 5.74) is 2.84. The maximum atomic E-state index is 13.4. The van der Waals surface area contributed by atoms with Crippen molar-refractivity contribution >= 4 is 5.91 Å². The van der Waals surface area contributed by atoms with E-state index in [0.29, 0.717) is 18.7 Å². The molecule has 1 N–H and O–H groups in total. The number of hydrogen-bond donors (Lipinski definition) is 1. The molecule has 1 fully saturated rings. The Hall–Kier alpha value is -3.00. The molecule has 1 aliphatic rings. The topological polar surface area (TPSA) is 82.9 Å². The van der Waals surface area contributed by atoms with E-state index in [-0.39, 0.29) is 11.9 Å². The lowest BCUT2D eigenvalue weighted by Gasteiger charge is -2.30. The van der Waals surface area contributed by atoms with E-state index >= 15 is 0 Å². The first-order valence-corrected chi connectivity index (χ1v) is 10.6. The van der Waals surface area contributed by atoms with E-state index in [0.717, 1.165) is 43.4 Å². The van der Waals surface area contributed by atoms with Crippen molar-refractivity contribution in [1.29, 1.82) is 0 Å². The van der Waals surface area contributed by atoms with Crippen LogP contribution in [0.2, 0.25) is 0 Å². The summed E-state index contributed by atoms with van der Waals surface area (Å²) in [6, 6.07) is 10.4. The first kappa shape index (κ1) is 20.3. The molecule has 1 aliphatic heterocycles. The Balaban J connectivity index is 1.61. The van der Waals surface area contributed by atoms with Crippen molar-refractivity contribution in [1.82, 2.24) is 34.8 Å². The lowest BCUT2D eigenvalue weighted by Crippen LogP contribution is -2.38.